The Bertz CT molecular complexity index is 751. The fourth-order valence-corrected chi connectivity index (χ4v) is 6.45. The summed E-state index contributed by atoms with van der Waals surface area (Å²) < 4.78 is 16.6. The average Bonchev–Trinajstić information content (AvgIpc) is 3.09. The van der Waals surface area contributed by atoms with Crippen molar-refractivity contribution in [3.05, 3.63) is 0 Å². The van der Waals surface area contributed by atoms with Crippen molar-refractivity contribution in [1.82, 2.24) is 0 Å². The van der Waals surface area contributed by atoms with E-state index in [0.717, 1.165) is 70.1 Å². The number of hydrogen-bond donors (Lipinski definition) is 0. The Hall–Kier alpha value is -1.59. The van der Waals surface area contributed by atoms with Gasteiger partial charge in [-0.2, -0.15) is 0 Å². The molecule has 0 aliphatic carbocycles. The topological polar surface area (TPSA) is 78.9 Å². The van der Waals surface area contributed by atoms with Crippen LogP contribution in [0, 0.1) is 5.92 Å². The Labute approximate surface area is 310 Å². The van der Waals surface area contributed by atoms with Crippen molar-refractivity contribution in [3.8, 4) is 0 Å². The maximum absolute atomic E-state index is 12.5. The van der Waals surface area contributed by atoms with Crippen LogP contribution in [0.3, 0.4) is 0 Å². The molecule has 0 aromatic rings. The lowest BCUT2D eigenvalue weighted by Gasteiger charge is -2.18. The van der Waals surface area contributed by atoms with Crippen molar-refractivity contribution in [2.45, 2.75) is 246 Å². The lowest BCUT2D eigenvalue weighted by molar-refractivity contribution is -0.167. The molecule has 0 aromatic heterocycles. The van der Waals surface area contributed by atoms with Gasteiger partial charge in [-0.05, 0) is 25.2 Å². The first kappa shape index (κ1) is 48.4. The summed E-state index contributed by atoms with van der Waals surface area (Å²) in [6.07, 6.45) is 36.9. The summed E-state index contributed by atoms with van der Waals surface area (Å²) in [7, 11) is 0. The Morgan fingerprint density at radius 3 is 0.980 bits per heavy atom. The molecule has 1 atom stereocenters. The van der Waals surface area contributed by atoms with Crippen LogP contribution in [-0.2, 0) is 28.6 Å². The van der Waals surface area contributed by atoms with Crippen LogP contribution >= 0.6 is 0 Å². The molecule has 0 aliphatic heterocycles. The molecule has 6 heteroatoms. The highest BCUT2D eigenvalue weighted by Crippen LogP contribution is 2.16. The highest BCUT2D eigenvalue weighted by atomic mass is 16.6. The van der Waals surface area contributed by atoms with Crippen molar-refractivity contribution in [2.24, 2.45) is 5.92 Å². The van der Waals surface area contributed by atoms with E-state index in [9.17, 15) is 14.4 Å². The van der Waals surface area contributed by atoms with Crippen LogP contribution in [0.4, 0.5) is 0 Å². The normalized spacial score (nSPS) is 11.9. The maximum Gasteiger partial charge on any atom is 0.306 e. The van der Waals surface area contributed by atoms with Gasteiger partial charge in [-0.3, -0.25) is 14.4 Å². The van der Waals surface area contributed by atoms with E-state index in [-0.39, 0.29) is 31.1 Å². The van der Waals surface area contributed by atoms with Crippen molar-refractivity contribution in [3.63, 3.8) is 0 Å². The first-order chi connectivity index (χ1) is 24.4. The fourth-order valence-electron chi connectivity index (χ4n) is 6.45. The van der Waals surface area contributed by atoms with Gasteiger partial charge in [0, 0.05) is 19.3 Å². The quantitative estimate of drug-likeness (QED) is 0.0359. The van der Waals surface area contributed by atoms with Crippen LogP contribution in [0.2, 0.25) is 0 Å². The zero-order valence-corrected chi connectivity index (χ0v) is 33.9. The second-order valence-electron chi connectivity index (χ2n) is 15.5. The highest BCUT2D eigenvalue weighted by Gasteiger charge is 2.19. The number of unbranched alkanes of at least 4 members (excludes halogenated alkanes) is 26. The van der Waals surface area contributed by atoms with Crippen molar-refractivity contribution < 1.29 is 28.6 Å². The van der Waals surface area contributed by atoms with E-state index < -0.39 is 6.10 Å². The predicted molar refractivity (Wildman–Crippen MR) is 210 cm³/mol. The maximum atomic E-state index is 12.5. The van der Waals surface area contributed by atoms with E-state index in [1.165, 1.54) is 128 Å². The minimum absolute atomic E-state index is 0.0654. The molecule has 0 aliphatic rings. The fraction of sp³-hybridized carbons (Fsp3) is 0.932. The number of carbonyl (C=O) groups excluding carboxylic acids is 3. The molecule has 0 aromatic carbocycles. The zero-order chi connectivity index (χ0) is 36.8. The second-order valence-corrected chi connectivity index (χ2v) is 15.5. The third-order valence-electron chi connectivity index (χ3n) is 9.79. The zero-order valence-electron chi connectivity index (χ0n) is 33.9. The molecule has 0 bridgehead atoms. The summed E-state index contributed by atoms with van der Waals surface area (Å²) in [5, 5.41) is 0. The molecular weight excluding hydrogens is 624 g/mol. The van der Waals surface area contributed by atoms with Crippen LogP contribution in [0.5, 0.6) is 0 Å². The largest absolute Gasteiger partial charge is 0.462 e. The Kier molecular flexibility index (Phi) is 37.4. The van der Waals surface area contributed by atoms with Crippen LogP contribution in [0.15, 0.2) is 0 Å². The van der Waals surface area contributed by atoms with E-state index in [4.69, 9.17) is 14.2 Å². The van der Waals surface area contributed by atoms with E-state index in [1.54, 1.807) is 0 Å². The molecule has 50 heavy (non-hydrogen) atoms. The number of hydrogen-bond acceptors (Lipinski definition) is 6. The Morgan fingerprint density at radius 1 is 0.380 bits per heavy atom. The molecule has 0 saturated heterocycles. The minimum atomic E-state index is -0.756. The summed E-state index contributed by atoms with van der Waals surface area (Å²) in [5.41, 5.74) is 0. The van der Waals surface area contributed by atoms with Gasteiger partial charge in [0.2, 0.25) is 0 Å². The van der Waals surface area contributed by atoms with Crippen LogP contribution in [0.1, 0.15) is 240 Å². The second kappa shape index (κ2) is 38.6. The average molecular weight is 709 g/mol. The third kappa shape index (κ3) is 37.7. The molecular formula is C44H84O6. The Balaban J connectivity index is 4.11. The van der Waals surface area contributed by atoms with E-state index >= 15 is 0 Å². The monoisotopic (exact) mass is 709 g/mol. The summed E-state index contributed by atoms with van der Waals surface area (Å²) in [4.78, 5) is 37.3. The van der Waals surface area contributed by atoms with E-state index in [0.29, 0.717) is 19.3 Å². The Morgan fingerprint density at radius 2 is 0.660 bits per heavy atom. The van der Waals surface area contributed by atoms with Crippen molar-refractivity contribution >= 4 is 17.9 Å². The van der Waals surface area contributed by atoms with Gasteiger partial charge in [-0.25, -0.2) is 0 Å². The lowest BCUT2D eigenvalue weighted by Crippen LogP contribution is -2.30. The van der Waals surface area contributed by atoms with Gasteiger partial charge in [-0.1, -0.05) is 201 Å². The molecule has 0 amide bonds. The molecule has 6 nitrogen and oxygen atoms in total. The summed E-state index contributed by atoms with van der Waals surface area (Å²) >= 11 is 0. The first-order valence-corrected chi connectivity index (χ1v) is 21.9. The molecule has 0 unspecified atom stereocenters. The van der Waals surface area contributed by atoms with E-state index in [2.05, 4.69) is 27.7 Å². The number of ether oxygens (including phenoxy) is 3. The van der Waals surface area contributed by atoms with Crippen LogP contribution in [-0.4, -0.2) is 37.2 Å². The lowest BCUT2D eigenvalue weighted by atomic mass is 10.0. The SMILES string of the molecule is CCCCCCCCCCCCC(=O)OC[C@H](COC(=O)CCCCCCCCCCCCCCCCC(C)C)OC(=O)CCCCCCC. The van der Waals surface area contributed by atoms with Gasteiger partial charge < -0.3 is 14.2 Å². The molecule has 296 valence electrons. The molecule has 0 spiro atoms. The van der Waals surface area contributed by atoms with Gasteiger partial charge in [0.05, 0.1) is 0 Å². The van der Waals surface area contributed by atoms with Gasteiger partial charge >= 0.3 is 17.9 Å². The van der Waals surface area contributed by atoms with Crippen molar-refractivity contribution in [1.29, 1.82) is 0 Å². The van der Waals surface area contributed by atoms with E-state index in [1.807, 2.05) is 0 Å². The molecule has 0 radical (unpaired) electrons. The molecule has 0 heterocycles. The smallest absolute Gasteiger partial charge is 0.306 e. The standard InChI is InChI=1S/C44H84O6/c1-5-7-9-11-12-13-21-24-28-31-35-42(45)48-38-41(50-44(47)37-33-26-10-8-6-2)39-49-43(46)36-32-29-25-22-19-17-15-14-16-18-20-23-27-30-34-40(3)4/h40-41H,5-39H2,1-4H3/t41-/m1/s1. The van der Waals surface area contributed by atoms with Gasteiger partial charge in [0.1, 0.15) is 13.2 Å². The number of carbonyl (C=O) groups is 3. The van der Waals surface area contributed by atoms with Crippen LogP contribution < -0.4 is 0 Å². The molecule has 0 saturated carbocycles. The highest BCUT2D eigenvalue weighted by molar-refractivity contribution is 5.71. The summed E-state index contributed by atoms with van der Waals surface area (Å²) in [5.74, 6) is -0.0277. The molecule has 0 fully saturated rings. The van der Waals surface area contributed by atoms with Gasteiger partial charge in [0.15, 0.2) is 6.10 Å². The minimum Gasteiger partial charge on any atom is -0.462 e. The van der Waals surface area contributed by atoms with Gasteiger partial charge in [0.25, 0.3) is 0 Å². The first-order valence-electron chi connectivity index (χ1n) is 21.9. The van der Waals surface area contributed by atoms with Crippen molar-refractivity contribution in [2.75, 3.05) is 13.2 Å². The molecule has 0 N–H and O–H groups in total. The van der Waals surface area contributed by atoms with Gasteiger partial charge in [-0.15, -0.1) is 0 Å². The summed E-state index contributed by atoms with van der Waals surface area (Å²) in [6, 6.07) is 0. The third-order valence-corrected chi connectivity index (χ3v) is 9.79. The molecule has 0 rings (SSSR count). The number of esters is 3. The number of rotatable bonds is 39. The van der Waals surface area contributed by atoms with Crippen LogP contribution in [0.25, 0.3) is 0 Å². The predicted octanol–water partition coefficient (Wildman–Crippen LogP) is 13.6. The summed E-state index contributed by atoms with van der Waals surface area (Å²) in [6.45, 7) is 8.91.